The third-order valence-electron chi connectivity index (χ3n) is 2.81. The molecule has 1 N–H and O–H groups in total. The molecular formula is C16H16ClNO2. The molecule has 0 unspecified atom stereocenters. The lowest BCUT2D eigenvalue weighted by molar-refractivity contribution is -0.122. The molecule has 1 atom stereocenters. The van der Waals surface area contributed by atoms with Crippen LogP contribution in [0.4, 0.5) is 5.69 Å². The molecule has 2 aromatic carbocycles. The van der Waals surface area contributed by atoms with Gasteiger partial charge in [0.25, 0.3) is 5.91 Å². The summed E-state index contributed by atoms with van der Waals surface area (Å²) in [6, 6.07) is 14.5. The Morgan fingerprint density at radius 2 is 1.70 bits per heavy atom. The van der Waals surface area contributed by atoms with E-state index in [0.717, 1.165) is 11.3 Å². The molecule has 0 radical (unpaired) electrons. The minimum atomic E-state index is -0.586. The first-order valence-corrected chi connectivity index (χ1v) is 6.72. The fourth-order valence-electron chi connectivity index (χ4n) is 1.65. The van der Waals surface area contributed by atoms with Crippen molar-refractivity contribution in [3.05, 3.63) is 59.1 Å². The average molecular weight is 290 g/mol. The van der Waals surface area contributed by atoms with Crippen molar-refractivity contribution in [3.63, 3.8) is 0 Å². The molecular weight excluding hydrogens is 274 g/mol. The molecule has 0 saturated carbocycles. The second-order valence-corrected chi connectivity index (χ2v) is 5.01. The monoisotopic (exact) mass is 289 g/mol. The molecule has 0 spiro atoms. The summed E-state index contributed by atoms with van der Waals surface area (Å²) in [5, 5.41) is 3.44. The Labute approximate surface area is 123 Å². The van der Waals surface area contributed by atoms with Gasteiger partial charge in [-0.1, -0.05) is 29.3 Å². The van der Waals surface area contributed by atoms with Crippen molar-refractivity contribution in [2.75, 3.05) is 5.32 Å². The van der Waals surface area contributed by atoms with Crippen LogP contribution in [0.15, 0.2) is 48.5 Å². The van der Waals surface area contributed by atoms with Gasteiger partial charge in [0.15, 0.2) is 6.10 Å². The number of nitrogens with one attached hydrogen (secondary N) is 1. The highest BCUT2D eigenvalue weighted by molar-refractivity contribution is 6.30. The van der Waals surface area contributed by atoms with Crippen molar-refractivity contribution in [2.45, 2.75) is 20.0 Å². The second-order valence-electron chi connectivity index (χ2n) is 4.57. The number of hydrogen-bond acceptors (Lipinski definition) is 2. The molecule has 0 aromatic heterocycles. The molecule has 0 saturated heterocycles. The third kappa shape index (κ3) is 4.00. The van der Waals surface area contributed by atoms with Crippen molar-refractivity contribution in [1.82, 2.24) is 0 Å². The summed E-state index contributed by atoms with van der Waals surface area (Å²) in [7, 11) is 0. The fourth-order valence-corrected chi connectivity index (χ4v) is 1.78. The summed E-state index contributed by atoms with van der Waals surface area (Å²) < 4.78 is 5.56. The van der Waals surface area contributed by atoms with Crippen LogP contribution in [0.1, 0.15) is 12.5 Å². The van der Waals surface area contributed by atoms with Gasteiger partial charge in [-0.25, -0.2) is 0 Å². The Kier molecular flexibility index (Phi) is 4.64. The van der Waals surface area contributed by atoms with E-state index in [1.807, 2.05) is 31.2 Å². The smallest absolute Gasteiger partial charge is 0.265 e. The molecule has 0 aliphatic carbocycles. The second kappa shape index (κ2) is 6.44. The predicted octanol–water partition coefficient (Wildman–Crippen LogP) is 4.05. The van der Waals surface area contributed by atoms with Gasteiger partial charge in [0.05, 0.1) is 0 Å². The van der Waals surface area contributed by atoms with E-state index in [2.05, 4.69) is 5.32 Å². The van der Waals surface area contributed by atoms with Gasteiger partial charge in [0.1, 0.15) is 5.75 Å². The van der Waals surface area contributed by atoms with E-state index in [1.165, 1.54) is 0 Å². The Hall–Kier alpha value is -2.00. The third-order valence-corrected chi connectivity index (χ3v) is 3.07. The lowest BCUT2D eigenvalue weighted by atomic mass is 10.2. The van der Waals surface area contributed by atoms with E-state index in [-0.39, 0.29) is 5.91 Å². The van der Waals surface area contributed by atoms with Crippen LogP contribution in [0.3, 0.4) is 0 Å². The summed E-state index contributed by atoms with van der Waals surface area (Å²) >= 11 is 5.80. The van der Waals surface area contributed by atoms with E-state index in [0.29, 0.717) is 10.8 Å². The molecule has 0 aliphatic heterocycles. The summed E-state index contributed by atoms with van der Waals surface area (Å²) in [5.41, 5.74) is 1.90. The lowest BCUT2D eigenvalue weighted by Gasteiger charge is -2.14. The molecule has 104 valence electrons. The summed E-state index contributed by atoms with van der Waals surface area (Å²) in [5.74, 6) is 0.421. The number of hydrogen-bond donors (Lipinski definition) is 1. The van der Waals surface area contributed by atoms with Crippen molar-refractivity contribution >= 4 is 23.2 Å². The van der Waals surface area contributed by atoms with Crippen molar-refractivity contribution in [1.29, 1.82) is 0 Å². The van der Waals surface area contributed by atoms with Gasteiger partial charge in [-0.2, -0.15) is 0 Å². The number of amides is 1. The van der Waals surface area contributed by atoms with Crippen molar-refractivity contribution in [3.8, 4) is 5.75 Å². The van der Waals surface area contributed by atoms with E-state index in [9.17, 15) is 4.79 Å². The van der Waals surface area contributed by atoms with Crippen LogP contribution >= 0.6 is 11.6 Å². The first kappa shape index (κ1) is 14.4. The van der Waals surface area contributed by atoms with Crippen LogP contribution in [0, 0.1) is 6.92 Å². The first-order valence-electron chi connectivity index (χ1n) is 6.34. The van der Waals surface area contributed by atoms with Gasteiger partial charge in [-0.15, -0.1) is 0 Å². The van der Waals surface area contributed by atoms with Crippen molar-refractivity contribution < 1.29 is 9.53 Å². The standard InChI is InChI=1S/C16H16ClNO2/c1-11-3-7-14(8-4-11)18-16(19)12(2)20-15-9-5-13(17)6-10-15/h3-10,12H,1-2H3,(H,18,19)/t12-/m1/s1. The van der Waals surface area contributed by atoms with Gasteiger partial charge in [-0.3, -0.25) is 4.79 Å². The quantitative estimate of drug-likeness (QED) is 0.922. The molecule has 0 bridgehead atoms. The number of ether oxygens (including phenoxy) is 1. The number of rotatable bonds is 4. The molecule has 0 heterocycles. The van der Waals surface area contributed by atoms with Crippen LogP contribution in [0.5, 0.6) is 5.75 Å². The Morgan fingerprint density at radius 1 is 1.10 bits per heavy atom. The highest BCUT2D eigenvalue weighted by Crippen LogP contribution is 2.17. The number of aryl methyl sites for hydroxylation is 1. The molecule has 2 aromatic rings. The van der Waals surface area contributed by atoms with E-state index in [4.69, 9.17) is 16.3 Å². The molecule has 2 rings (SSSR count). The molecule has 3 nitrogen and oxygen atoms in total. The van der Waals surface area contributed by atoms with Gasteiger partial charge < -0.3 is 10.1 Å². The number of carbonyl (C=O) groups excluding carboxylic acids is 1. The number of carbonyl (C=O) groups is 1. The lowest BCUT2D eigenvalue weighted by Crippen LogP contribution is -2.30. The summed E-state index contributed by atoms with van der Waals surface area (Å²) in [6.45, 7) is 3.70. The Morgan fingerprint density at radius 3 is 2.30 bits per heavy atom. The van der Waals surface area contributed by atoms with Crippen LogP contribution in [0.25, 0.3) is 0 Å². The van der Waals surface area contributed by atoms with Gasteiger partial charge in [-0.05, 0) is 50.2 Å². The normalized spacial score (nSPS) is 11.8. The zero-order chi connectivity index (χ0) is 14.5. The van der Waals surface area contributed by atoms with Gasteiger partial charge in [0.2, 0.25) is 0 Å². The minimum absolute atomic E-state index is 0.191. The highest BCUT2D eigenvalue weighted by Gasteiger charge is 2.14. The average Bonchev–Trinajstić information content (AvgIpc) is 2.44. The number of benzene rings is 2. The zero-order valence-corrected chi connectivity index (χ0v) is 12.1. The molecule has 1 amide bonds. The van der Waals surface area contributed by atoms with Gasteiger partial charge >= 0.3 is 0 Å². The van der Waals surface area contributed by atoms with E-state index < -0.39 is 6.10 Å². The molecule has 0 fully saturated rings. The highest BCUT2D eigenvalue weighted by atomic mass is 35.5. The fraction of sp³-hybridized carbons (Fsp3) is 0.188. The topological polar surface area (TPSA) is 38.3 Å². The van der Waals surface area contributed by atoms with E-state index in [1.54, 1.807) is 31.2 Å². The minimum Gasteiger partial charge on any atom is -0.481 e. The van der Waals surface area contributed by atoms with E-state index >= 15 is 0 Å². The maximum atomic E-state index is 12.0. The van der Waals surface area contributed by atoms with Crippen molar-refractivity contribution in [2.24, 2.45) is 0 Å². The van der Waals surface area contributed by atoms with Crippen LogP contribution in [-0.2, 0) is 4.79 Å². The maximum Gasteiger partial charge on any atom is 0.265 e. The molecule has 4 heteroatoms. The number of halogens is 1. The Balaban J connectivity index is 1.94. The molecule has 20 heavy (non-hydrogen) atoms. The largest absolute Gasteiger partial charge is 0.481 e. The number of anilines is 1. The maximum absolute atomic E-state index is 12.0. The van der Waals surface area contributed by atoms with Crippen LogP contribution in [0.2, 0.25) is 5.02 Å². The Bertz CT molecular complexity index is 578. The summed E-state index contributed by atoms with van der Waals surface area (Å²) in [6.07, 6.45) is -0.586. The van der Waals surface area contributed by atoms with Crippen LogP contribution < -0.4 is 10.1 Å². The van der Waals surface area contributed by atoms with Crippen LogP contribution in [-0.4, -0.2) is 12.0 Å². The first-order chi connectivity index (χ1) is 9.54. The predicted molar refractivity (Wildman–Crippen MR) is 81.4 cm³/mol. The SMILES string of the molecule is Cc1ccc(NC(=O)[C@@H](C)Oc2ccc(Cl)cc2)cc1. The molecule has 0 aliphatic rings. The zero-order valence-electron chi connectivity index (χ0n) is 11.4. The summed E-state index contributed by atoms with van der Waals surface area (Å²) in [4.78, 5) is 12.0. The van der Waals surface area contributed by atoms with Gasteiger partial charge in [0, 0.05) is 10.7 Å².